The minimum absolute atomic E-state index is 0.589. The van der Waals surface area contributed by atoms with Crippen LogP contribution < -0.4 is 5.32 Å². The Balaban J connectivity index is 2.21. The van der Waals surface area contributed by atoms with Gasteiger partial charge in [-0.1, -0.05) is 37.3 Å². The zero-order valence-electron chi connectivity index (χ0n) is 12.0. The number of rotatable bonds is 7. The molecule has 0 amide bonds. The Labute approximate surface area is 129 Å². The Morgan fingerprint density at radius 2 is 2.10 bits per heavy atom. The molecule has 0 aliphatic rings. The summed E-state index contributed by atoms with van der Waals surface area (Å²) in [6.07, 6.45) is 6.01. The summed E-state index contributed by atoms with van der Waals surface area (Å²) in [6.45, 7) is 2.89. The fraction of sp³-hybridized carbons (Fsp3) is 0.312. The molecule has 0 aliphatic heterocycles. The van der Waals surface area contributed by atoms with Gasteiger partial charge in [0.15, 0.2) is 0 Å². The highest BCUT2D eigenvalue weighted by Crippen LogP contribution is 2.28. The minimum atomic E-state index is -0.709. The summed E-state index contributed by atoms with van der Waals surface area (Å²) in [5, 5.41) is 14.0. The molecule has 0 saturated carbocycles. The molecule has 1 heterocycles. The molecule has 1 aromatic carbocycles. The molecule has 4 nitrogen and oxygen atoms in total. The number of hydrogen-bond donors (Lipinski definition) is 1. The largest absolute Gasteiger partial charge is 0.295 e. The third-order valence-electron chi connectivity index (χ3n) is 3.11. The monoisotopic (exact) mass is 298 g/mol. The standard InChI is InChI=1S/C16H18N4S/c1-2-8-20-16(12-17,14-6-4-3-5-7-14)13-21-15-11-18-9-10-19-15/h3-7,9-11,20H,2,8,13H2,1H3. The van der Waals surface area contributed by atoms with E-state index in [1.807, 2.05) is 30.3 Å². The SMILES string of the molecule is CCCNC(C#N)(CSc1cnccn1)c1ccccc1. The van der Waals surface area contributed by atoms with Crippen molar-refractivity contribution in [2.24, 2.45) is 0 Å². The Bertz CT molecular complexity index is 582. The van der Waals surface area contributed by atoms with Crippen LogP contribution in [-0.2, 0) is 5.54 Å². The number of nitrogens with one attached hydrogen (secondary N) is 1. The van der Waals surface area contributed by atoms with Gasteiger partial charge < -0.3 is 0 Å². The van der Waals surface area contributed by atoms with E-state index < -0.39 is 5.54 Å². The fourth-order valence-electron chi connectivity index (χ4n) is 1.98. The van der Waals surface area contributed by atoms with Crippen molar-refractivity contribution in [3.63, 3.8) is 0 Å². The lowest BCUT2D eigenvalue weighted by molar-refractivity contribution is 0.473. The van der Waals surface area contributed by atoms with Crippen LogP contribution >= 0.6 is 11.8 Å². The van der Waals surface area contributed by atoms with Gasteiger partial charge in [-0.15, -0.1) is 11.8 Å². The second-order valence-electron chi connectivity index (χ2n) is 4.64. The van der Waals surface area contributed by atoms with Gasteiger partial charge in [0.05, 0.1) is 12.3 Å². The zero-order valence-corrected chi connectivity index (χ0v) is 12.8. The smallest absolute Gasteiger partial charge is 0.141 e. The molecule has 2 aromatic rings. The van der Waals surface area contributed by atoms with Crippen LogP contribution in [0.5, 0.6) is 0 Å². The van der Waals surface area contributed by atoms with E-state index in [4.69, 9.17) is 0 Å². The van der Waals surface area contributed by atoms with Gasteiger partial charge in [0, 0.05) is 18.1 Å². The summed E-state index contributed by atoms with van der Waals surface area (Å²) in [5.74, 6) is 0.589. The summed E-state index contributed by atoms with van der Waals surface area (Å²) in [7, 11) is 0. The van der Waals surface area contributed by atoms with Gasteiger partial charge in [0.25, 0.3) is 0 Å². The highest BCUT2D eigenvalue weighted by atomic mass is 32.2. The third-order valence-corrected chi connectivity index (χ3v) is 4.19. The number of thioether (sulfide) groups is 1. The molecule has 21 heavy (non-hydrogen) atoms. The van der Waals surface area contributed by atoms with Crippen molar-refractivity contribution < 1.29 is 0 Å². The summed E-state index contributed by atoms with van der Waals surface area (Å²) in [4.78, 5) is 8.31. The maximum Gasteiger partial charge on any atom is 0.141 e. The molecule has 108 valence electrons. The molecule has 1 aromatic heterocycles. The summed E-state index contributed by atoms with van der Waals surface area (Å²) < 4.78 is 0. The molecule has 0 fully saturated rings. The number of nitrogens with zero attached hydrogens (tertiary/aromatic N) is 3. The van der Waals surface area contributed by atoms with Crippen molar-refractivity contribution in [3.05, 3.63) is 54.5 Å². The molecule has 0 spiro atoms. The van der Waals surface area contributed by atoms with E-state index in [1.165, 1.54) is 11.8 Å². The van der Waals surface area contributed by atoms with Gasteiger partial charge in [0.2, 0.25) is 0 Å². The molecule has 1 unspecified atom stereocenters. The van der Waals surface area contributed by atoms with E-state index in [1.54, 1.807) is 18.6 Å². The third kappa shape index (κ3) is 4.03. The predicted molar refractivity (Wildman–Crippen MR) is 84.8 cm³/mol. The van der Waals surface area contributed by atoms with E-state index in [-0.39, 0.29) is 0 Å². The van der Waals surface area contributed by atoms with Crippen LogP contribution in [0.25, 0.3) is 0 Å². The average molecular weight is 298 g/mol. The maximum atomic E-state index is 9.77. The molecule has 1 atom stereocenters. The van der Waals surface area contributed by atoms with Gasteiger partial charge in [-0.25, -0.2) is 4.98 Å². The molecule has 2 rings (SSSR count). The number of hydrogen-bond acceptors (Lipinski definition) is 5. The molecule has 1 N–H and O–H groups in total. The quantitative estimate of drug-likeness (QED) is 0.796. The molecule has 0 bridgehead atoms. The van der Waals surface area contributed by atoms with E-state index in [2.05, 4.69) is 28.3 Å². The highest BCUT2D eigenvalue weighted by molar-refractivity contribution is 7.99. The zero-order chi connectivity index (χ0) is 15.0. The van der Waals surface area contributed by atoms with E-state index in [0.29, 0.717) is 5.75 Å². The first-order chi connectivity index (χ1) is 10.3. The van der Waals surface area contributed by atoms with Crippen LogP contribution in [0.15, 0.2) is 53.9 Å². The lowest BCUT2D eigenvalue weighted by Crippen LogP contribution is -2.43. The first-order valence-corrected chi connectivity index (χ1v) is 7.90. The predicted octanol–water partition coefficient (Wildman–Crippen LogP) is 2.99. The van der Waals surface area contributed by atoms with Crippen LogP contribution in [-0.4, -0.2) is 22.3 Å². The van der Waals surface area contributed by atoms with Crippen LogP contribution in [0.2, 0.25) is 0 Å². The van der Waals surface area contributed by atoms with Gasteiger partial charge in [0.1, 0.15) is 10.6 Å². The van der Waals surface area contributed by atoms with Gasteiger partial charge >= 0.3 is 0 Å². The van der Waals surface area contributed by atoms with Crippen LogP contribution in [0, 0.1) is 11.3 Å². The molecular weight excluding hydrogens is 280 g/mol. The fourth-order valence-corrected chi connectivity index (χ4v) is 2.94. The van der Waals surface area contributed by atoms with E-state index >= 15 is 0 Å². The second-order valence-corrected chi connectivity index (χ2v) is 5.64. The van der Waals surface area contributed by atoms with Gasteiger partial charge in [-0.2, -0.15) is 5.26 Å². The molecule has 5 heteroatoms. The van der Waals surface area contributed by atoms with Crippen molar-refractivity contribution in [2.45, 2.75) is 23.9 Å². The lowest BCUT2D eigenvalue weighted by atomic mass is 9.93. The summed E-state index contributed by atoms with van der Waals surface area (Å²) in [5.41, 5.74) is 0.275. The van der Waals surface area contributed by atoms with Crippen molar-refractivity contribution in [1.82, 2.24) is 15.3 Å². The van der Waals surface area contributed by atoms with Gasteiger partial charge in [-0.05, 0) is 18.5 Å². The Morgan fingerprint density at radius 1 is 1.29 bits per heavy atom. The minimum Gasteiger partial charge on any atom is -0.295 e. The summed E-state index contributed by atoms with van der Waals surface area (Å²) in [6, 6.07) is 12.3. The molecule has 0 saturated heterocycles. The van der Waals surface area contributed by atoms with Crippen molar-refractivity contribution >= 4 is 11.8 Å². The van der Waals surface area contributed by atoms with Crippen LogP contribution in [0.4, 0.5) is 0 Å². The average Bonchev–Trinajstić information content (AvgIpc) is 2.57. The van der Waals surface area contributed by atoms with E-state index in [9.17, 15) is 5.26 Å². The van der Waals surface area contributed by atoms with Gasteiger partial charge in [-0.3, -0.25) is 10.3 Å². The maximum absolute atomic E-state index is 9.77. The van der Waals surface area contributed by atoms with Crippen molar-refractivity contribution in [2.75, 3.05) is 12.3 Å². The number of aromatic nitrogens is 2. The van der Waals surface area contributed by atoms with Crippen LogP contribution in [0.3, 0.4) is 0 Å². The topological polar surface area (TPSA) is 61.6 Å². The number of benzene rings is 1. The molecule has 0 aliphatic carbocycles. The van der Waals surface area contributed by atoms with Crippen molar-refractivity contribution in [1.29, 1.82) is 5.26 Å². The highest BCUT2D eigenvalue weighted by Gasteiger charge is 2.31. The van der Waals surface area contributed by atoms with Crippen LogP contribution in [0.1, 0.15) is 18.9 Å². The first-order valence-electron chi connectivity index (χ1n) is 6.91. The first kappa shape index (κ1) is 15.5. The Morgan fingerprint density at radius 3 is 2.71 bits per heavy atom. The number of nitriles is 1. The second kappa shape index (κ2) is 7.77. The van der Waals surface area contributed by atoms with E-state index in [0.717, 1.165) is 23.6 Å². The Hall–Kier alpha value is -1.90. The molecular formula is C16H18N4S. The molecule has 0 radical (unpaired) electrons. The lowest BCUT2D eigenvalue weighted by Gasteiger charge is -2.28. The summed E-state index contributed by atoms with van der Waals surface area (Å²) >= 11 is 1.54. The normalized spacial score (nSPS) is 13.3. The Kier molecular flexibility index (Phi) is 5.73. The van der Waals surface area contributed by atoms with Crippen molar-refractivity contribution in [3.8, 4) is 6.07 Å².